The third-order valence-electron chi connectivity index (χ3n) is 2.57. The molecule has 0 aliphatic heterocycles. The van der Waals surface area contributed by atoms with Gasteiger partial charge in [-0.3, -0.25) is 0 Å². The molecule has 0 atom stereocenters. The van der Waals surface area contributed by atoms with E-state index >= 15 is 0 Å². The molecule has 1 aromatic rings. The maximum atomic E-state index is 13.2. The van der Waals surface area contributed by atoms with Crippen LogP contribution in [-0.2, 0) is 0 Å². The van der Waals surface area contributed by atoms with Crippen molar-refractivity contribution in [3.05, 3.63) is 29.6 Å². The van der Waals surface area contributed by atoms with Crippen LogP contribution in [-0.4, -0.2) is 6.10 Å². The number of ether oxygens (including phenoxy) is 1. The van der Waals surface area contributed by atoms with Crippen LogP contribution in [0.5, 0.6) is 5.75 Å². The number of hydrogen-bond donors (Lipinski definition) is 0. The molecule has 0 N–H and O–H groups in total. The third-order valence-corrected chi connectivity index (χ3v) is 2.57. The van der Waals surface area contributed by atoms with Crippen LogP contribution in [0.2, 0.25) is 0 Å². The fourth-order valence-corrected chi connectivity index (χ4v) is 1.78. The summed E-state index contributed by atoms with van der Waals surface area (Å²) in [5.74, 6) is -3.31. The summed E-state index contributed by atoms with van der Waals surface area (Å²) in [6.45, 7) is 0. The highest BCUT2D eigenvalue weighted by molar-refractivity contribution is 5.26. The minimum Gasteiger partial charge on any atom is -0.487 e. The first-order valence-corrected chi connectivity index (χ1v) is 4.98. The first kappa shape index (κ1) is 10.3. The summed E-state index contributed by atoms with van der Waals surface area (Å²) in [5.41, 5.74) is 0. The largest absolute Gasteiger partial charge is 0.487 e. The van der Waals surface area contributed by atoms with Gasteiger partial charge < -0.3 is 4.74 Å². The average molecular weight is 216 g/mol. The monoisotopic (exact) mass is 216 g/mol. The molecule has 82 valence electrons. The van der Waals surface area contributed by atoms with E-state index in [9.17, 15) is 13.2 Å². The summed E-state index contributed by atoms with van der Waals surface area (Å²) in [7, 11) is 0. The summed E-state index contributed by atoms with van der Waals surface area (Å²) in [4.78, 5) is 0. The summed E-state index contributed by atoms with van der Waals surface area (Å²) < 4.78 is 43.8. The second kappa shape index (κ2) is 4.13. The highest BCUT2D eigenvalue weighted by Crippen LogP contribution is 2.27. The third kappa shape index (κ3) is 2.25. The molecule has 1 saturated carbocycles. The van der Waals surface area contributed by atoms with Crippen molar-refractivity contribution in [2.45, 2.75) is 31.8 Å². The zero-order valence-electron chi connectivity index (χ0n) is 8.10. The maximum Gasteiger partial charge on any atom is 0.168 e. The van der Waals surface area contributed by atoms with Crippen LogP contribution in [0, 0.1) is 17.5 Å². The summed E-state index contributed by atoms with van der Waals surface area (Å²) in [6, 6.07) is 1.28. The Bertz CT molecular complexity index is 359. The van der Waals surface area contributed by atoms with Gasteiger partial charge >= 0.3 is 0 Å². The minimum atomic E-state index is -1.19. The second-order valence-electron chi connectivity index (χ2n) is 3.72. The Labute approximate surface area is 85.9 Å². The van der Waals surface area contributed by atoms with Gasteiger partial charge in [0.1, 0.15) is 0 Å². The zero-order valence-corrected chi connectivity index (χ0v) is 8.10. The van der Waals surface area contributed by atoms with E-state index in [2.05, 4.69) is 0 Å². The highest BCUT2D eigenvalue weighted by Gasteiger charge is 2.19. The van der Waals surface area contributed by atoms with E-state index in [4.69, 9.17) is 4.74 Å². The van der Waals surface area contributed by atoms with Gasteiger partial charge in [-0.25, -0.2) is 13.2 Å². The van der Waals surface area contributed by atoms with Crippen LogP contribution >= 0.6 is 0 Å². The molecule has 1 nitrogen and oxygen atoms in total. The molecule has 2 rings (SSSR count). The zero-order chi connectivity index (χ0) is 10.8. The van der Waals surface area contributed by atoms with Gasteiger partial charge in [-0.1, -0.05) is 0 Å². The molecular formula is C11H11F3O. The predicted molar refractivity (Wildman–Crippen MR) is 49.2 cm³/mol. The number of hydrogen-bond acceptors (Lipinski definition) is 1. The lowest BCUT2D eigenvalue weighted by Gasteiger charge is -2.13. The van der Waals surface area contributed by atoms with Gasteiger partial charge in [0.25, 0.3) is 0 Å². The van der Waals surface area contributed by atoms with Crippen LogP contribution in [0.15, 0.2) is 12.1 Å². The van der Waals surface area contributed by atoms with Crippen molar-refractivity contribution in [2.75, 3.05) is 0 Å². The Balaban J connectivity index is 2.16. The van der Waals surface area contributed by atoms with Gasteiger partial charge in [0.2, 0.25) is 0 Å². The molecule has 1 aliphatic carbocycles. The van der Waals surface area contributed by atoms with E-state index in [1.54, 1.807) is 0 Å². The SMILES string of the molecule is Fc1cc(F)c(OC2CCCC2)cc1F. The molecule has 0 saturated heterocycles. The van der Waals surface area contributed by atoms with Gasteiger partial charge in [-0.15, -0.1) is 0 Å². The fraction of sp³-hybridized carbons (Fsp3) is 0.455. The molecular weight excluding hydrogens is 205 g/mol. The molecule has 0 amide bonds. The van der Waals surface area contributed by atoms with E-state index < -0.39 is 17.5 Å². The first-order valence-electron chi connectivity index (χ1n) is 4.98. The van der Waals surface area contributed by atoms with Crippen LogP contribution in [0.25, 0.3) is 0 Å². The average Bonchev–Trinajstić information content (AvgIpc) is 2.67. The molecule has 0 aromatic heterocycles. The van der Waals surface area contributed by atoms with Crippen molar-refractivity contribution in [3.63, 3.8) is 0 Å². The molecule has 0 radical (unpaired) electrons. The Morgan fingerprint density at radius 3 is 2.20 bits per heavy atom. The lowest BCUT2D eigenvalue weighted by molar-refractivity contribution is 0.199. The Kier molecular flexibility index (Phi) is 2.84. The first-order chi connectivity index (χ1) is 7.16. The summed E-state index contributed by atoms with van der Waals surface area (Å²) in [5, 5.41) is 0. The van der Waals surface area contributed by atoms with Crippen molar-refractivity contribution in [2.24, 2.45) is 0 Å². The lowest BCUT2D eigenvalue weighted by atomic mass is 10.3. The van der Waals surface area contributed by atoms with E-state index in [-0.39, 0.29) is 11.9 Å². The van der Waals surface area contributed by atoms with Gasteiger partial charge in [0.05, 0.1) is 6.10 Å². The molecule has 4 heteroatoms. The minimum absolute atomic E-state index is 0.0654. The molecule has 0 unspecified atom stereocenters. The van der Waals surface area contributed by atoms with E-state index in [0.717, 1.165) is 31.7 Å². The Hall–Kier alpha value is -1.19. The molecule has 15 heavy (non-hydrogen) atoms. The van der Waals surface area contributed by atoms with E-state index in [1.807, 2.05) is 0 Å². The van der Waals surface area contributed by atoms with Crippen molar-refractivity contribution in [1.82, 2.24) is 0 Å². The number of benzene rings is 1. The maximum absolute atomic E-state index is 13.2. The van der Waals surface area contributed by atoms with Crippen LogP contribution in [0.3, 0.4) is 0 Å². The topological polar surface area (TPSA) is 9.23 Å². The van der Waals surface area contributed by atoms with Crippen LogP contribution in [0.1, 0.15) is 25.7 Å². The molecule has 0 bridgehead atoms. The van der Waals surface area contributed by atoms with Crippen molar-refractivity contribution < 1.29 is 17.9 Å². The van der Waals surface area contributed by atoms with Gasteiger partial charge in [0.15, 0.2) is 23.2 Å². The van der Waals surface area contributed by atoms with Crippen molar-refractivity contribution in [1.29, 1.82) is 0 Å². The van der Waals surface area contributed by atoms with Crippen LogP contribution < -0.4 is 4.74 Å². The Morgan fingerprint density at radius 2 is 1.53 bits per heavy atom. The number of rotatable bonds is 2. The quantitative estimate of drug-likeness (QED) is 0.688. The summed E-state index contributed by atoms with van der Waals surface area (Å²) in [6.07, 6.45) is 3.70. The van der Waals surface area contributed by atoms with Gasteiger partial charge in [0, 0.05) is 12.1 Å². The summed E-state index contributed by atoms with van der Waals surface area (Å²) >= 11 is 0. The second-order valence-corrected chi connectivity index (χ2v) is 3.72. The lowest BCUT2D eigenvalue weighted by Crippen LogP contribution is -2.12. The molecule has 1 aliphatic rings. The molecule has 1 aromatic carbocycles. The molecule has 1 fully saturated rings. The molecule has 0 spiro atoms. The number of halogens is 3. The van der Waals surface area contributed by atoms with E-state index in [0.29, 0.717) is 6.07 Å². The van der Waals surface area contributed by atoms with Crippen LogP contribution in [0.4, 0.5) is 13.2 Å². The van der Waals surface area contributed by atoms with E-state index in [1.165, 1.54) is 0 Å². The smallest absolute Gasteiger partial charge is 0.168 e. The van der Waals surface area contributed by atoms with Crippen molar-refractivity contribution >= 4 is 0 Å². The normalized spacial score (nSPS) is 17.0. The van der Waals surface area contributed by atoms with Crippen molar-refractivity contribution in [3.8, 4) is 5.75 Å². The highest BCUT2D eigenvalue weighted by atomic mass is 19.2. The predicted octanol–water partition coefficient (Wildman–Crippen LogP) is 3.43. The fourth-order valence-electron chi connectivity index (χ4n) is 1.78. The molecule has 0 heterocycles. The Morgan fingerprint density at radius 1 is 0.933 bits per heavy atom. The van der Waals surface area contributed by atoms with Gasteiger partial charge in [-0.2, -0.15) is 0 Å². The standard InChI is InChI=1S/C11H11F3O/c12-8-5-10(14)11(6-9(8)13)15-7-3-1-2-4-7/h5-7H,1-4H2. The van der Waals surface area contributed by atoms with Gasteiger partial charge in [-0.05, 0) is 25.7 Å².